The Hall–Kier alpha value is -2.06. The van der Waals surface area contributed by atoms with Crippen LogP contribution in [-0.2, 0) is 6.54 Å². The molecule has 1 heterocycles. The minimum atomic E-state index is -0.472. The zero-order chi connectivity index (χ0) is 11.7. The molecular formula is C10H6ClN3O2. The highest BCUT2D eigenvalue weighted by Crippen LogP contribution is 2.26. The quantitative estimate of drug-likeness (QED) is 0.456. The third-order valence-corrected chi connectivity index (χ3v) is 2.42. The molecule has 0 N–H and O–H groups in total. The second kappa shape index (κ2) is 3.83. The first-order chi connectivity index (χ1) is 7.63. The van der Waals surface area contributed by atoms with Crippen molar-refractivity contribution in [2.75, 3.05) is 0 Å². The van der Waals surface area contributed by atoms with Crippen molar-refractivity contribution in [3.05, 3.63) is 33.5 Å². The first-order valence-electron chi connectivity index (χ1n) is 4.37. The third-order valence-electron chi connectivity index (χ3n) is 2.14. The van der Waals surface area contributed by atoms with Crippen LogP contribution in [0.4, 0.5) is 5.69 Å². The van der Waals surface area contributed by atoms with Crippen molar-refractivity contribution < 1.29 is 4.92 Å². The van der Waals surface area contributed by atoms with Gasteiger partial charge < -0.3 is 0 Å². The van der Waals surface area contributed by atoms with Gasteiger partial charge in [-0.2, -0.15) is 5.10 Å². The maximum Gasteiger partial charge on any atom is 0.271 e. The van der Waals surface area contributed by atoms with Gasteiger partial charge in [0.25, 0.3) is 5.69 Å². The molecule has 0 aliphatic carbocycles. The van der Waals surface area contributed by atoms with Crippen LogP contribution in [0.1, 0.15) is 0 Å². The van der Waals surface area contributed by atoms with E-state index in [-0.39, 0.29) is 12.2 Å². The van der Waals surface area contributed by atoms with Crippen LogP contribution in [0.15, 0.2) is 18.2 Å². The maximum atomic E-state index is 10.6. The SMILES string of the molecule is C#CCn1nc(Cl)c2ccc([N+](=O)[O-])cc21. The van der Waals surface area contributed by atoms with Crippen molar-refractivity contribution in [3.63, 3.8) is 0 Å². The summed E-state index contributed by atoms with van der Waals surface area (Å²) < 4.78 is 1.46. The number of hydrogen-bond donors (Lipinski definition) is 0. The molecule has 1 aromatic carbocycles. The van der Waals surface area contributed by atoms with Crippen molar-refractivity contribution in [1.82, 2.24) is 9.78 Å². The molecule has 0 atom stereocenters. The highest BCUT2D eigenvalue weighted by Gasteiger charge is 2.13. The summed E-state index contributed by atoms with van der Waals surface area (Å²) in [5, 5.41) is 15.6. The molecule has 0 saturated heterocycles. The van der Waals surface area contributed by atoms with Crippen LogP contribution in [0, 0.1) is 22.5 Å². The highest BCUT2D eigenvalue weighted by atomic mass is 35.5. The number of nitro benzene ring substituents is 1. The smallest absolute Gasteiger partial charge is 0.258 e. The van der Waals surface area contributed by atoms with E-state index in [0.29, 0.717) is 16.1 Å². The maximum absolute atomic E-state index is 10.6. The highest BCUT2D eigenvalue weighted by molar-refractivity contribution is 6.34. The first-order valence-corrected chi connectivity index (χ1v) is 4.75. The molecular weight excluding hydrogens is 230 g/mol. The molecule has 0 amide bonds. The summed E-state index contributed by atoms with van der Waals surface area (Å²) in [6.07, 6.45) is 5.17. The molecule has 0 fully saturated rings. The molecule has 80 valence electrons. The van der Waals surface area contributed by atoms with E-state index in [2.05, 4.69) is 11.0 Å². The van der Waals surface area contributed by atoms with Gasteiger partial charge in [-0.05, 0) is 6.07 Å². The average molecular weight is 236 g/mol. The summed E-state index contributed by atoms with van der Waals surface area (Å²) >= 11 is 5.88. The Morgan fingerprint density at radius 3 is 3.00 bits per heavy atom. The van der Waals surface area contributed by atoms with Crippen molar-refractivity contribution in [2.45, 2.75) is 6.54 Å². The molecule has 0 radical (unpaired) electrons. The average Bonchev–Trinajstić information content (AvgIpc) is 2.56. The van der Waals surface area contributed by atoms with Crippen LogP contribution < -0.4 is 0 Å². The van der Waals surface area contributed by atoms with Gasteiger partial charge in [-0.3, -0.25) is 14.8 Å². The lowest BCUT2D eigenvalue weighted by atomic mass is 10.2. The van der Waals surface area contributed by atoms with Gasteiger partial charge in [0.05, 0.1) is 10.4 Å². The second-order valence-electron chi connectivity index (χ2n) is 3.11. The number of aromatic nitrogens is 2. The Morgan fingerprint density at radius 2 is 2.38 bits per heavy atom. The van der Waals surface area contributed by atoms with Crippen LogP contribution >= 0.6 is 11.6 Å². The van der Waals surface area contributed by atoms with Gasteiger partial charge in [0.2, 0.25) is 0 Å². The number of nitro groups is 1. The molecule has 0 aliphatic rings. The Kier molecular flexibility index (Phi) is 2.50. The third kappa shape index (κ3) is 1.59. The topological polar surface area (TPSA) is 61.0 Å². The Bertz CT molecular complexity index is 612. The molecule has 0 saturated carbocycles. The number of hydrogen-bond acceptors (Lipinski definition) is 3. The van der Waals surface area contributed by atoms with E-state index >= 15 is 0 Å². The fourth-order valence-electron chi connectivity index (χ4n) is 1.44. The summed E-state index contributed by atoms with van der Waals surface area (Å²) in [5.41, 5.74) is 0.555. The lowest BCUT2D eigenvalue weighted by molar-refractivity contribution is -0.384. The predicted molar refractivity (Wildman–Crippen MR) is 60.2 cm³/mol. The zero-order valence-corrected chi connectivity index (χ0v) is 8.81. The molecule has 0 unspecified atom stereocenters. The van der Waals surface area contributed by atoms with E-state index < -0.39 is 4.92 Å². The first kappa shape index (κ1) is 10.5. The van der Waals surface area contributed by atoms with E-state index in [1.165, 1.54) is 16.8 Å². The van der Waals surface area contributed by atoms with Crippen molar-refractivity contribution in [3.8, 4) is 12.3 Å². The Balaban J connectivity index is 2.70. The van der Waals surface area contributed by atoms with Crippen molar-refractivity contribution in [1.29, 1.82) is 0 Å². The lowest BCUT2D eigenvalue weighted by Gasteiger charge is -1.96. The molecule has 6 heteroatoms. The van der Waals surface area contributed by atoms with Crippen LogP contribution in [0.25, 0.3) is 10.9 Å². The molecule has 0 bridgehead atoms. The standard InChI is InChI=1S/C10H6ClN3O2/c1-2-5-13-9-6-7(14(15)16)3-4-8(9)10(11)12-13/h1,3-4,6H,5H2. The molecule has 5 nitrogen and oxygen atoms in total. The summed E-state index contributed by atoms with van der Waals surface area (Å²) in [5.74, 6) is 2.41. The number of nitrogens with zero attached hydrogens (tertiary/aromatic N) is 3. The van der Waals surface area contributed by atoms with E-state index in [9.17, 15) is 10.1 Å². The van der Waals surface area contributed by atoms with E-state index in [0.717, 1.165) is 0 Å². The van der Waals surface area contributed by atoms with Gasteiger partial charge in [0.1, 0.15) is 6.54 Å². The molecule has 1 aromatic heterocycles. The number of halogens is 1. The summed E-state index contributed by atoms with van der Waals surface area (Å²) in [4.78, 5) is 10.2. The molecule has 2 aromatic rings. The fraction of sp³-hybridized carbons (Fsp3) is 0.100. The van der Waals surface area contributed by atoms with E-state index in [4.69, 9.17) is 18.0 Å². The van der Waals surface area contributed by atoms with Crippen LogP contribution in [0.2, 0.25) is 5.15 Å². The van der Waals surface area contributed by atoms with Crippen LogP contribution in [-0.4, -0.2) is 14.7 Å². The van der Waals surface area contributed by atoms with E-state index in [1.54, 1.807) is 6.07 Å². The van der Waals surface area contributed by atoms with Gasteiger partial charge in [0.15, 0.2) is 5.15 Å². The summed E-state index contributed by atoms with van der Waals surface area (Å²) in [6.45, 7) is 0.227. The second-order valence-corrected chi connectivity index (χ2v) is 3.47. The molecule has 0 spiro atoms. The van der Waals surface area contributed by atoms with Crippen molar-refractivity contribution >= 4 is 28.2 Å². The summed E-state index contributed by atoms with van der Waals surface area (Å²) in [6, 6.07) is 4.36. The van der Waals surface area contributed by atoms with Crippen LogP contribution in [0.3, 0.4) is 0 Å². The largest absolute Gasteiger partial charge is 0.271 e. The van der Waals surface area contributed by atoms with Crippen LogP contribution in [0.5, 0.6) is 0 Å². The Morgan fingerprint density at radius 1 is 1.62 bits per heavy atom. The number of benzene rings is 1. The predicted octanol–water partition coefficient (Wildman–Crippen LogP) is 2.23. The van der Waals surface area contributed by atoms with E-state index in [1.807, 2.05) is 0 Å². The zero-order valence-electron chi connectivity index (χ0n) is 8.05. The van der Waals surface area contributed by atoms with Gasteiger partial charge in [0, 0.05) is 17.5 Å². The normalized spacial score (nSPS) is 10.2. The Labute approximate surface area is 95.8 Å². The number of rotatable bonds is 2. The van der Waals surface area contributed by atoms with Gasteiger partial charge in [-0.25, -0.2) is 0 Å². The molecule has 2 rings (SSSR count). The number of non-ortho nitro benzene ring substituents is 1. The lowest BCUT2D eigenvalue weighted by Crippen LogP contribution is -1.97. The number of fused-ring (bicyclic) bond motifs is 1. The number of terminal acetylenes is 1. The minimum Gasteiger partial charge on any atom is -0.258 e. The summed E-state index contributed by atoms with van der Waals surface area (Å²) in [7, 11) is 0. The molecule has 0 aliphatic heterocycles. The van der Waals surface area contributed by atoms with Gasteiger partial charge in [-0.1, -0.05) is 17.5 Å². The monoisotopic (exact) mass is 235 g/mol. The van der Waals surface area contributed by atoms with Crippen molar-refractivity contribution in [2.24, 2.45) is 0 Å². The fourth-order valence-corrected chi connectivity index (χ4v) is 1.69. The minimum absolute atomic E-state index is 0.0117. The molecule has 16 heavy (non-hydrogen) atoms. The van der Waals surface area contributed by atoms with Gasteiger partial charge >= 0.3 is 0 Å². The van der Waals surface area contributed by atoms with Gasteiger partial charge in [-0.15, -0.1) is 6.42 Å².